The Morgan fingerprint density at radius 2 is 1.57 bits per heavy atom. The fraction of sp³-hybridized carbons (Fsp3) is 0.206. The number of rotatable bonds is 10. The molecule has 1 saturated carbocycles. The lowest BCUT2D eigenvalue weighted by Crippen LogP contribution is -2.31. The molecule has 8 heteroatoms. The Morgan fingerprint density at radius 3 is 2.29 bits per heavy atom. The van der Waals surface area contributed by atoms with Crippen molar-refractivity contribution >= 4 is 39.4 Å². The highest BCUT2D eigenvalue weighted by atomic mass is 79.9. The van der Waals surface area contributed by atoms with Gasteiger partial charge in [0, 0.05) is 16.0 Å². The summed E-state index contributed by atoms with van der Waals surface area (Å²) < 4.78 is 6.78. The molecule has 0 radical (unpaired) electrons. The van der Waals surface area contributed by atoms with Crippen molar-refractivity contribution in [2.75, 3.05) is 5.32 Å². The van der Waals surface area contributed by atoms with Crippen molar-refractivity contribution < 1.29 is 24.2 Å². The van der Waals surface area contributed by atoms with Crippen LogP contribution in [0.1, 0.15) is 54.1 Å². The minimum Gasteiger partial charge on any atom is -0.481 e. The number of carboxylic acid groups (broad SMARTS) is 1. The molecule has 1 atom stereocenters. The van der Waals surface area contributed by atoms with Gasteiger partial charge in [0.2, 0.25) is 5.91 Å². The lowest BCUT2D eigenvalue weighted by atomic mass is 9.98. The number of anilines is 1. The molecule has 5 rings (SSSR count). The summed E-state index contributed by atoms with van der Waals surface area (Å²) in [6.07, 6.45) is 3.41. The smallest absolute Gasteiger partial charge is 0.305 e. The van der Waals surface area contributed by atoms with Gasteiger partial charge in [-0.1, -0.05) is 89.4 Å². The summed E-state index contributed by atoms with van der Waals surface area (Å²) in [4.78, 5) is 38.1. The molecule has 4 aromatic carbocycles. The van der Waals surface area contributed by atoms with Crippen LogP contribution in [0.5, 0.6) is 11.5 Å². The van der Waals surface area contributed by atoms with Crippen LogP contribution in [-0.4, -0.2) is 22.9 Å². The van der Waals surface area contributed by atoms with Gasteiger partial charge in [-0.3, -0.25) is 14.4 Å². The second kappa shape index (κ2) is 13.5. The average molecular weight is 628 g/mol. The van der Waals surface area contributed by atoms with Crippen molar-refractivity contribution in [2.45, 2.75) is 38.1 Å². The SMILES string of the molecule is O=C(O)CC(NC(=O)c1cc(Br)ccc1NC(=O)C1CCCC1)c1ccc(-c2ccccc2Oc2ccccc2)cc1. The van der Waals surface area contributed by atoms with Crippen LogP contribution in [0, 0.1) is 5.92 Å². The van der Waals surface area contributed by atoms with Crippen molar-refractivity contribution in [2.24, 2.45) is 5.92 Å². The number of hydrogen-bond donors (Lipinski definition) is 3. The zero-order valence-corrected chi connectivity index (χ0v) is 24.5. The Hall–Kier alpha value is -4.43. The number of amides is 2. The maximum atomic E-state index is 13.5. The van der Waals surface area contributed by atoms with E-state index in [9.17, 15) is 19.5 Å². The minimum atomic E-state index is -1.05. The van der Waals surface area contributed by atoms with Gasteiger partial charge < -0.3 is 20.5 Å². The molecule has 2 amide bonds. The van der Waals surface area contributed by atoms with Gasteiger partial charge in [-0.05, 0) is 60.4 Å². The molecule has 1 unspecified atom stereocenters. The highest BCUT2D eigenvalue weighted by molar-refractivity contribution is 9.10. The lowest BCUT2D eigenvalue weighted by Gasteiger charge is -2.20. The van der Waals surface area contributed by atoms with Crippen molar-refractivity contribution in [3.05, 3.63) is 113 Å². The van der Waals surface area contributed by atoms with E-state index in [1.54, 1.807) is 18.2 Å². The van der Waals surface area contributed by atoms with Crippen molar-refractivity contribution in [1.29, 1.82) is 0 Å². The number of aliphatic carboxylic acids is 1. The fourth-order valence-electron chi connectivity index (χ4n) is 5.20. The van der Waals surface area contributed by atoms with E-state index >= 15 is 0 Å². The molecule has 214 valence electrons. The number of ether oxygens (including phenoxy) is 1. The van der Waals surface area contributed by atoms with Gasteiger partial charge in [0.25, 0.3) is 5.91 Å². The van der Waals surface area contributed by atoms with Crippen LogP contribution in [0.4, 0.5) is 5.69 Å². The number of carbonyl (C=O) groups is 3. The van der Waals surface area contributed by atoms with E-state index in [0.717, 1.165) is 42.6 Å². The molecule has 1 fully saturated rings. The van der Waals surface area contributed by atoms with Crippen LogP contribution < -0.4 is 15.4 Å². The van der Waals surface area contributed by atoms with E-state index in [0.29, 0.717) is 21.5 Å². The summed E-state index contributed by atoms with van der Waals surface area (Å²) in [5, 5.41) is 15.4. The summed E-state index contributed by atoms with van der Waals surface area (Å²) in [5.74, 6) is -0.278. The molecule has 0 bridgehead atoms. The van der Waals surface area contributed by atoms with Crippen LogP contribution in [0.2, 0.25) is 0 Å². The van der Waals surface area contributed by atoms with E-state index in [1.807, 2.05) is 78.9 Å². The Bertz CT molecular complexity index is 1570. The number of carbonyl (C=O) groups excluding carboxylic acids is 2. The molecule has 0 spiro atoms. The van der Waals surface area contributed by atoms with Gasteiger partial charge in [-0.25, -0.2) is 0 Å². The maximum absolute atomic E-state index is 13.5. The van der Waals surface area contributed by atoms with Crippen LogP contribution in [0.3, 0.4) is 0 Å². The topological polar surface area (TPSA) is 105 Å². The summed E-state index contributed by atoms with van der Waals surface area (Å²) in [7, 11) is 0. The molecule has 4 aromatic rings. The van der Waals surface area contributed by atoms with E-state index in [2.05, 4.69) is 26.6 Å². The first-order valence-electron chi connectivity index (χ1n) is 13.9. The number of carboxylic acids is 1. The Labute approximate surface area is 253 Å². The number of hydrogen-bond acceptors (Lipinski definition) is 4. The maximum Gasteiger partial charge on any atom is 0.305 e. The monoisotopic (exact) mass is 626 g/mol. The molecular weight excluding hydrogens is 596 g/mol. The van der Waals surface area contributed by atoms with Crippen molar-refractivity contribution in [3.63, 3.8) is 0 Å². The predicted molar refractivity (Wildman–Crippen MR) is 166 cm³/mol. The first-order chi connectivity index (χ1) is 20.4. The third-order valence-electron chi connectivity index (χ3n) is 7.38. The first kappa shape index (κ1) is 29.1. The Kier molecular flexibility index (Phi) is 9.34. The highest BCUT2D eigenvalue weighted by Crippen LogP contribution is 2.34. The van der Waals surface area contributed by atoms with Crippen molar-refractivity contribution in [3.8, 4) is 22.6 Å². The van der Waals surface area contributed by atoms with Gasteiger partial charge in [0.1, 0.15) is 11.5 Å². The molecule has 0 heterocycles. The molecule has 0 aromatic heterocycles. The second-order valence-corrected chi connectivity index (χ2v) is 11.2. The van der Waals surface area contributed by atoms with Gasteiger partial charge in [0.05, 0.1) is 23.7 Å². The minimum absolute atomic E-state index is 0.0638. The summed E-state index contributed by atoms with van der Waals surface area (Å²) in [6.45, 7) is 0. The second-order valence-electron chi connectivity index (χ2n) is 10.3. The van der Waals surface area contributed by atoms with Crippen LogP contribution in [0.25, 0.3) is 11.1 Å². The van der Waals surface area contributed by atoms with Crippen molar-refractivity contribution in [1.82, 2.24) is 5.32 Å². The molecule has 3 N–H and O–H groups in total. The number of nitrogens with one attached hydrogen (secondary N) is 2. The van der Waals surface area contributed by atoms with Gasteiger partial charge in [-0.15, -0.1) is 0 Å². The Balaban J connectivity index is 1.36. The predicted octanol–water partition coefficient (Wildman–Crippen LogP) is 7.98. The Morgan fingerprint density at radius 1 is 0.881 bits per heavy atom. The van der Waals surface area contributed by atoms with E-state index in [4.69, 9.17) is 4.74 Å². The molecule has 1 aliphatic carbocycles. The van der Waals surface area contributed by atoms with Gasteiger partial charge in [-0.2, -0.15) is 0 Å². The van der Waals surface area contributed by atoms with Gasteiger partial charge >= 0.3 is 5.97 Å². The molecule has 0 aliphatic heterocycles. The number of benzene rings is 4. The van der Waals surface area contributed by atoms with Crippen LogP contribution in [0.15, 0.2) is 102 Å². The average Bonchev–Trinajstić information content (AvgIpc) is 3.54. The third-order valence-corrected chi connectivity index (χ3v) is 7.87. The zero-order chi connectivity index (χ0) is 29.5. The molecule has 42 heavy (non-hydrogen) atoms. The van der Waals surface area contributed by atoms with E-state index in [1.165, 1.54) is 0 Å². The standard InChI is InChI=1S/C34H31BrN2O5/c35-25-18-19-29(36-33(40)24-8-4-5-9-24)28(20-25)34(41)37-30(21-32(38)39)23-16-14-22(15-17-23)27-12-6-7-13-31(27)42-26-10-2-1-3-11-26/h1-3,6-7,10-20,24,30H,4-5,8-9,21H2,(H,36,40)(H,37,41)(H,38,39). The van der Waals surface area contributed by atoms with E-state index < -0.39 is 17.9 Å². The third kappa shape index (κ3) is 7.25. The molecule has 0 saturated heterocycles. The lowest BCUT2D eigenvalue weighted by molar-refractivity contribution is -0.137. The number of halogens is 1. The normalized spacial score (nSPS) is 13.7. The van der Waals surface area contributed by atoms with E-state index in [-0.39, 0.29) is 23.8 Å². The molecular formula is C34H31BrN2O5. The highest BCUT2D eigenvalue weighted by Gasteiger charge is 2.25. The molecule has 7 nitrogen and oxygen atoms in total. The summed E-state index contributed by atoms with van der Waals surface area (Å²) >= 11 is 3.41. The molecule has 1 aliphatic rings. The fourth-order valence-corrected chi connectivity index (χ4v) is 5.56. The first-order valence-corrected chi connectivity index (χ1v) is 14.7. The summed E-state index contributed by atoms with van der Waals surface area (Å²) in [5.41, 5.74) is 3.06. The summed E-state index contributed by atoms with van der Waals surface area (Å²) in [6, 6.07) is 28.9. The van der Waals surface area contributed by atoms with Crippen LogP contribution >= 0.6 is 15.9 Å². The quantitative estimate of drug-likeness (QED) is 0.165. The van der Waals surface area contributed by atoms with Crippen LogP contribution in [-0.2, 0) is 9.59 Å². The largest absolute Gasteiger partial charge is 0.481 e. The zero-order valence-electron chi connectivity index (χ0n) is 22.9. The van der Waals surface area contributed by atoms with Gasteiger partial charge in [0.15, 0.2) is 0 Å². The number of para-hydroxylation sites is 2.